The highest BCUT2D eigenvalue weighted by atomic mass is 19.1. The van der Waals surface area contributed by atoms with E-state index in [0.717, 1.165) is 25.0 Å². The molecule has 0 spiro atoms. The van der Waals surface area contributed by atoms with Crippen LogP contribution in [0, 0.1) is 5.82 Å². The first-order chi connectivity index (χ1) is 9.81. The van der Waals surface area contributed by atoms with Gasteiger partial charge in [-0.3, -0.25) is 0 Å². The minimum atomic E-state index is -0.320. The SMILES string of the molecule is Fc1cnc(OCC2CCCCO2)c(CNC2CC2)c1. The number of nitrogens with zero attached hydrogens (tertiary/aromatic N) is 1. The molecule has 1 atom stereocenters. The van der Waals surface area contributed by atoms with Crippen molar-refractivity contribution in [3.05, 3.63) is 23.6 Å². The fraction of sp³-hybridized carbons (Fsp3) is 0.667. The van der Waals surface area contributed by atoms with Crippen LogP contribution < -0.4 is 10.1 Å². The molecule has 2 heterocycles. The molecule has 5 heteroatoms. The van der Waals surface area contributed by atoms with Crippen LogP contribution >= 0.6 is 0 Å². The van der Waals surface area contributed by atoms with Gasteiger partial charge in [-0.1, -0.05) is 0 Å². The van der Waals surface area contributed by atoms with E-state index in [4.69, 9.17) is 9.47 Å². The van der Waals surface area contributed by atoms with E-state index in [-0.39, 0.29) is 11.9 Å². The molecule has 1 N–H and O–H groups in total. The first-order valence-electron chi connectivity index (χ1n) is 7.43. The number of rotatable bonds is 6. The number of nitrogens with one attached hydrogen (secondary N) is 1. The Morgan fingerprint density at radius 3 is 3.00 bits per heavy atom. The Morgan fingerprint density at radius 1 is 1.35 bits per heavy atom. The maximum atomic E-state index is 13.3. The third-order valence-corrected chi connectivity index (χ3v) is 3.73. The molecule has 3 rings (SSSR count). The van der Waals surface area contributed by atoms with Crippen LogP contribution in [0.4, 0.5) is 4.39 Å². The van der Waals surface area contributed by atoms with Gasteiger partial charge < -0.3 is 14.8 Å². The van der Waals surface area contributed by atoms with Gasteiger partial charge in [-0.05, 0) is 38.2 Å². The Morgan fingerprint density at radius 2 is 2.25 bits per heavy atom. The monoisotopic (exact) mass is 280 g/mol. The molecule has 4 nitrogen and oxygen atoms in total. The van der Waals surface area contributed by atoms with Gasteiger partial charge in [0.2, 0.25) is 5.88 Å². The Labute approximate surface area is 118 Å². The third kappa shape index (κ3) is 3.90. The smallest absolute Gasteiger partial charge is 0.218 e. The van der Waals surface area contributed by atoms with Gasteiger partial charge in [0.25, 0.3) is 0 Å². The van der Waals surface area contributed by atoms with Gasteiger partial charge >= 0.3 is 0 Å². The minimum absolute atomic E-state index is 0.139. The van der Waals surface area contributed by atoms with Gasteiger partial charge in [0, 0.05) is 24.8 Å². The van der Waals surface area contributed by atoms with E-state index in [0.29, 0.717) is 25.1 Å². The molecule has 1 aromatic heterocycles. The summed E-state index contributed by atoms with van der Waals surface area (Å²) in [5, 5.41) is 3.36. The molecule has 0 aromatic carbocycles. The second-order valence-electron chi connectivity index (χ2n) is 5.57. The summed E-state index contributed by atoms with van der Waals surface area (Å²) >= 11 is 0. The summed E-state index contributed by atoms with van der Waals surface area (Å²) in [5.74, 6) is 0.201. The van der Waals surface area contributed by atoms with Crippen molar-refractivity contribution in [2.75, 3.05) is 13.2 Å². The number of hydrogen-bond acceptors (Lipinski definition) is 4. The summed E-state index contributed by atoms with van der Waals surface area (Å²) in [6.45, 7) is 1.91. The minimum Gasteiger partial charge on any atom is -0.475 e. The van der Waals surface area contributed by atoms with Crippen LogP contribution in [0.1, 0.15) is 37.7 Å². The fourth-order valence-electron chi connectivity index (χ4n) is 2.38. The van der Waals surface area contributed by atoms with E-state index in [2.05, 4.69) is 10.3 Å². The van der Waals surface area contributed by atoms with E-state index in [9.17, 15) is 4.39 Å². The molecular weight excluding hydrogens is 259 g/mol. The molecule has 2 fully saturated rings. The van der Waals surface area contributed by atoms with Crippen LogP contribution in [0.25, 0.3) is 0 Å². The maximum absolute atomic E-state index is 13.3. The largest absolute Gasteiger partial charge is 0.475 e. The maximum Gasteiger partial charge on any atom is 0.218 e. The number of halogens is 1. The molecular formula is C15H21FN2O2. The van der Waals surface area contributed by atoms with Crippen molar-refractivity contribution in [2.24, 2.45) is 0 Å². The molecule has 0 bridgehead atoms. The molecule has 1 saturated heterocycles. The Balaban J connectivity index is 1.58. The Bertz CT molecular complexity index is 445. The standard InChI is InChI=1S/C15H21FN2O2/c16-12-7-11(8-17-13-4-5-13)15(18-9-12)20-10-14-3-1-2-6-19-14/h7,9,13-14,17H,1-6,8,10H2. The normalized spacial score (nSPS) is 22.8. The molecule has 20 heavy (non-hydrogen) atoms. The first-order valence-corrected chi connectivity index (χ1v) is 7.43. The highest BCUT2D eigenvalue weighted by Gasteiger charge is 2.21. The molecule has 2 aliphatic rings. The summed E-state index contributed by atoms with van der Waals surface area (Å²) in [7, 11) is 0. The topological polar surface area (TPSA) is 43.4 Å². The Kier molecular flexibility index (Phi) is 4.47. The van der Waals surface area contributed by atoms with Crippen LogP contribution in [-0.4, -0.2) is 30.3 Å². The van der Waals surface area contributed by atoms with Gasteiger partial charge in [-0.25, -0.2) is 9.37 Å². The van der Waals surface area contributed by atoms with Gasteiger partial charge in [0.05, 0.1) is 12.3 Å². The van der Waals surface area contributed by atoms with Crippen LogP contribution in [0.15, 0.2) is 12.3 Å². The summed E-state index contributed by atoms with van der Waals surface area (Å²) in [5.41, 5.74) is 0.785. The van der Waals surface area contributed by atoms with Gasteiger partial charge in [0.15, 0.2) is 0 Å². The van der Waals surface area contributed by atoms with Crippen LogP contribution in [0.5, 0.6) is 5.88 Å². The lowest BCUT2D eigenvalue weighted by Crippen LogP contribution is -2.26. The fourth-order valence-corrected chi connectivity index (χ4v) is 2.38. The van der Waals surface area contributed by atoms with Crippen LogP contribution in [-0.2, 0) is 11.3 Å². The van der Waals surface area contributed by atoms with E-state index in [1.807, 2.05) is 0 Å². The zero-order chi connectivity index (χ0) is 13.8. The third-order valence-electron chi connectivity index (χ3n) is 3.73. The van der Waals surface area contributed by atoms with Crippen molar-refractivity contribution in [3.63, 3.8) is 0 Å². The lowest BCUT2D eigenvalue weighted by atomic mass is 10.1. The summed E-state index contributed by atoms with van der Waals surface area (Å²) in [4.78, 5) is 4.07. The van der Waals surface area contributed by atoms with Crippen molar-refractivity contribution >= 4 is 0 Å². The van der Waals surface area contributed by atoms with Gasteiger partial charge in [-0.2, -0.15) is 0 Å². The molecule has 1 aliphatic carbocycles. The molecule has 1 aliphatic heterocycles. The molecule has 0 radical (unpaired) electrons. The second kappa shape index (κ2) is 6.50. The van der Waals surface area contributed by atoms with Crippen molar-refractivity contribution in [2.45, 2.75) is 50.8 Å². The van der Waals surface area contributed by atoms with Crippen molar-refractivity contribution in [1.29, 1.82) is 0 Å². The number of pyridine rings is 1. The zero-order valence-corrected chi connectivity index (χ0v) is 11.6. The lowest BCUT2D eigenvalue weighted by Gasteiger charge is -2.22. The quantitative estimate of drug-likeness (QED) is 0.869. The second-order valence-corrected chi connectivity index (χ2v) is 5.57. The molecule has 1 saturated carbocycles. The van der Waals surface area contributed by atoms with E-state index >= 15 is 0 Å². The van der Waals surface area contributed by atoms with Gasteiger partial charge in [-0.15, -0.1) is 0 Å². The molecule has 0 amide bonds. The first kappa shape index (κ1) is 13.8. The lowest BCUT2D eigenvalue weighted by molar-refractivity contribution is -0.0121. The summed E-state index contributed by atoms with van der Waals surface area (Å²) in [6, 6.07) is 2.08. The van der Waals surface area contributed by atoms with Crippen molar-refractivity contribution < 1.29 is 13.9 Å². The van der Waals surface area contributed by atoms with E-state index in [1.165, 1.54) is 31.5 Å². The van der Waals surface area contributed by atoms with E-state index in [1.54, 1.807) is 0 Å². The number of ether oxygens (including phenoxy) is 2. The molecule has 1 unspecified atom stereocenters. The number of aromatic nitrogens is 1. The highest BCUT2D eigenvalue weighted by molar-refractivity contribution is 5.26. The average Bonchev–Trinajstić information content (AvgIpc) is 3.29. The molecule has 1 aromatic rings. The van der Waals surface area contributed by atoms with Crippen molar-refractivity contribution in [1.82, 2.24) is 10.3 Å². The predicted octanol–water partition coefficient (Wildman–Crippen LogP) is 2.42. The highest BCUT2D eigenvalue weighted by Crippen LogP contribution is 2.22. The van der Waals surface area contributed by atoms with Gasteiger partial charge in [0.1, 0.15) is 12.4 Å². The Hall–Kier alpha value is -1.20. The van der Waals surface area contributed by atoms with Crippen LogP contribution in [0.2, 0.25) is 0 Å². The van der Waals surface area contributed by atoms with Crippen molar-refractivity contribution in [3.8, 4) is 5.88 Å². The van der Waals surface area contributed by atoms with E-state index < -0.39 is 0 Å². The van der Waals surface area contributed by atoms with Crippen LogP contribution in [0.3, 0.4) is 0 Å². The summed E-state index contributed by atoms with van der Waals surface area (Å²) in [6.07, 6.45) is 7.08. The zero-order valence-electron chi connectivity index (χ0n) is 11.6. The predicted molar refractivity (Wildman–Crippen MR) is 73.1 cm³/mol. The average molecular weight is 280 g/mol. The summed E-state index contributed by atoms with van der Waals surface area (Å²) < 4.78 is 24.7. The number of hydrogen-bond donors (Lipinski definition) is 1. The molecule has 110 valence electrons.